The third-order valence-corrected chi connectivity index (χ3v) is 3.26. The molecule has 0 saturated carbocycles. The van der Waals surface area contributed by atoms with Crippen molar-refractivity contribution in [2.24, 2.45) is 0 Å². The Labute approximate surface area is 112 Å². The Morgan fingerprint density at radius 1 is 0.722 bits per heavy atom. The van der Waals surface area contributed by atoms with E-state index in [2.05, 4.69) is 76.2 Å². The molecule has 2 rings (SSSR count). The number of rotatable bonds is 2. The average molecular weight is 240 g/mol. The first-order valence-electron chi connectivity index (χ1n) is 6.72. The molecule has 0 bridgehead atoms. The van der Waals surface area contributed by atoms with Gasteiger partial charge in [0.25, 0.3) is 0 Å². The fourth-order valence-corrected chi connectivity index (χ4v) is 1.83. The van der Waals surface area contributed by atoms with Crippen molar-refractivity contribution in [3.8, 4) is 0 Å². The van der Waals surface area contributed by atoms with E-state index in [1.165, 1.54) is 35.1 Å². The van der Waals surface area contributed by atoms with Crippen LogP contribution < -0.4 is 0 Å². The molecule has 0 spiro atoms. The molecule has 0 N–H and O–H groups in total. The van der Waals surface area contributed by atoms with Gasteiger partial charge in [-0.15, -0.1) is 0 Å². The van der Waals surface area contributed by atoms with E-state index in [0.29, 0.717) is 0 Å². The van der Waals surface area contributed by atoms with Gasteiger partial charge in [0.15, 0.2) is 0 Å². The number of hydrogen-bond donors (Lipinski definition) is 0. The largest absolute Gasteiger partial charge is 0.0651 e. The van der Waals surface area contributed by atoms with Crippen LogP contribution in [0.1, 0.15) is 35.6 Å². The van der Waals surface area contributed by atoms with Crippen molar-refractivity contribution in [1.29, 1.82) is 0 Å². The Kier molecular flexibility index (Phi) is 6.21. The molecule has 0 nitrogen and oxygen atoms in total. The van der Waals surface area contributed by atoms with E-state index >= 15 is 0 Å². The van der Waals surface area contributed by atoms with Crippen molar-refractivity contribution >= 4 is 0 Å². The van der Waals surface area contributed by atoms with Gasteiger partial charge < -0.3 is 0 Å². The molecule has 2 aromatic carbocycles. The van der Waals surface area contributed by atoms with Gasteiger partial charge in [-0.3, -0.25) is 0 Å². The lowest BCUT2D eigenvalue weighted by Crippen LogP contribution is -1.82. The van der Waals surface area contributed by atoms with Crippen LogP contribution in [-0.4, -0.2) is 0 Å². The highest BCUT2D eigenvalue weighted by molar-refractivity contribution is 5.31. The lowest BCUT2D eigenvalue weighted by atomic mass is 10.1. The number of benzene rings is 2. The molecule has 0 unspecified atom stereocenters. The molecule has 2 aromatic rings. The van der Waals surface area contributed by atoms with Crippen LogP contribution in [0, 0.1) is 20.8 Å². The molecule has 96 valence electrons. The van der Waals surface area contributed by atoms with Crippen LogP contribution in [0.15, 0.2) is 48.5 Å². The van der Waals surface area contributed by atoms with Gasteiger partial charge >= 0.3 is 0 Å². The van der Waals surface area contributed by atoms with E-state index in [-0.39, 0.29) is 0 Å². The predicted octanol–water partition coefficient (Wildman–Crippen LogP) is 5.25. The number of hydrogen-bond acceptors (Lipinski definition) is 0. The summed E-state index contributed by atoms with van der Waals surface area (Å²) in [6.07, 6.45) is 2.45. The third kappa shape index (κ3) is 4.75. The molecule has 0 aliphatic heterocycles. The van der Waals surface area contributed by atoms with E-state index < -0.39 is 0 Å². The summed E-state index contributed by atoms with van der Waals surface area (Å²) in [4.78, 5) is 0. The highest BCUT2D eigenvalue weighted by atomic mass is 14.0. The molecule has 0 saturated heterocycles. The van der Waals surface area contributed by atoms with Crippen molar-refractivity contribution in [2.75, 3.05) is 0 Å². The molecular weight excluding hydrogens is 216 g/mol. The van der Waals surface area contributed by atoms with Crippen molar-refractivity contribution in [1.82, 2.24) is 0 Å². The van der Waals surface area contributed by atoms with Gasteiger partial charge in [0.1, 0.15) is 0 Å². The zero-order chi connectivity index (χ0) is 13.4. The van der Waals surface area contributed by atoms with Crippen LogP contribution in [0.2, 0.25) is 0 Å². The van der Waals surface area contributed by atoms with Crippen LogP contribution >= 0.6 is 0 Å². The molecule has 0 aliphatic carbocycles. The minimum Gasteiger partial charge on any atom is -0.0651 e. The monoisotopic (exact) mass is 240 g/mol. The fourth-order valence-electron chi connectivity index (χ4n) is 1.83. The Hall–Kier alpha value is -1.56. The maximum Gasteiger partial charge on any atom is -0.0281 e. The Bertz CT molecular complexity index is 434. The van der Waals surface area contributed by atoms with E-state index in [1.807, 2.05) is 0 Å². The topological polar surface area (TPSA) is 0 Å². The van der Waals surface area contributed by atoms with Crippen LogP contribution in [-0.2, 0) is 6.42 Å². The Balaban J connectivity index is 0.000000180. The summed E-state index contributed by atoms with van der Waals surface area (Å²) in [5.74, 6) is 0. The molecule has 0 amide bonds. The summed E-state index contributed by atoms with van der Waals surface area (Å²) in [6, 6.07) is 16.9. The first-order chi connectivity index (χ1) is 8.65. The molecule has 0 atom stereocenters. The molecule has 0 heterocycles. The summed E-state index contributed by atoms with van der Waals surface area (Å²) >= 11 is 0. The zero-order valence-corrected chi connectivity index (χ0v) is 12.0. The van der Waals surface area contributed by atoms with E-state index in [9.17, 15) is 0 Å². The van der Waals surface area contributed by atoms with E-state index in [1.54, 1.807) is 0 Å². The standard InChI is InChI=1S/2C9H12/c1-7-5-4-6-8(2)9(7)3;1-2-6-9-7-4-3-5-8-9/h4-6H,1-3H3;3-5,7-8H,2,6H2,1H3. The van der Waals surface area contributed by atoms with Crippen LogP contribution in [0.3, 0.4) is 0 Å². The first-order valence-corrected chi connectivity index (χ1v) is 6.72. The Morgan fingerprint density at radius 2 is 1.28 bits per heavy atom. The van der Waals surface area contributed by atoms with Crippen molar-refractivity contribution in [3.05, 3.63) is 70.8 Å². The minimum absolute atomic E-state index is 1.21. The van der Waals surface area contributed by atoms with Gasteiger partial charge in [0.05, 0.1) is 0 Å². The lowest BCUT2D eigenvalue weighted by molar-refractivity contribution is 0.922. The first kappa shape index (κ1) is 14.5. The van der Waals surface area contributed by atoms with Gasteiger partial charge in [0.2, 0.25) is 0 Å². The molecule has 0 aliphatic rings. The van der Waals surface area contributed by atoms with Gasteiger partial charge in [0, 0.05) is 0 Å². The van der Waals surface area contributed by atoms with Crippen molar-refractivity contribution in [2.45, 2.75) is 40.5 Å². The van der Waals surface area contributed by atoms with Crippen LogP contribution in [0.5, 0.6) is 0 Å². The predicted molar refractivity (Wildman–Crippen MR) is 81.1 cm³/mol. The van der Waals surface area contributed by atoms with Gasteiger partial charge in [-0.2, -0.15) is 0 Å². The summed E-state index contributed by atoms with van der Waals surface area (Å²) in [5, 5.41) is 0. The highest BCUT2D eigenvalue weighted by Gasteiger charge is 1.91. The van der Waals surface area contributed by atoms with Gasteiger partial charge in [-0.1, -0.05) is 61.9 Å². The summed E-state index contributed by atoms with van der Waals surface area (Å²) < 4.78 is 0. The van der Waals surface area contributed by atoms with E-state index in [0.717, 1.165) is 0 Å². The Morgan fingerprint density at radius 3 is 1.72 bits per heavy atom. The van der Waals surface area contributed by atoms with Crippen LogP contribution in [0.25, 0.3) is 0 Å². The molecule has 0 fully saturated rings. The molecule has 18 heavy (non-hydrogen) atoms. The smallest absolute Gasteiger partial charge is 0.0281 e. The zero-order valence-electron chi connectivity index (χ0n) is 12.0. The maximum atomic E-state index is 2.20. The second kappa shape index (κ2) is 7.71. The highest BCUT2D eigenvalue weighted by Crippen LogP contribution is 2.09. The molecule has 0 aromatic heterocycles. The third-order valence-electron chi connectivity index (χ3n) is 3.26. The van der Waals surface area contributed by atoms with Gasteiger partial charge in [-0.25, -0.2) is 0 Å². The quantitative estimate of drug-likeness (QED) is 0.672. The summed E-state index contributed by atoms with van der Waals surface area (Å²) in [5.41, 5.74) is 5.63. The van der Waals surface area contributed by atoms with Crippen molar-refractivity contribution < 1.29 is 0 Å². The normalized spacial score (nSPS) is 9.56. The fraction of sp³-hybridized carbons (Fsp3) is 0.333. The van der Waals surface area contributed by atoms with Crippen molar-refractivity contribution in [3.63, 3.8) is 0 Å². The maximum absolute atomic E-state index is 2.20. The van der Waals surface area contributed by atoms with Crippen LogP contribution in [0.4, 0.5) is 0 Å². The van der Waals surface area contributed by atoms with E-state index in [4.69, 9.17) is 0 Å². The SMILES string of the molecule is CCCc1ccccc1.Cc1cccc(C)c1C. The summed E-state index contributed by atoms with van der Waals surface area (Å²) in [7, 11) is 0. The summed E-state index contributed by atoms with van der Waals surface area (Å²) in [6.45, 7) is 8.64. The minimum atomic E-state index is 1.21. The second-order valence-electron chi connectivity index (χ2n) is 4.75. The second-order valence-corrected chi connectivity index (χ2v) is 4.75. The number of aryl methyl sites for hydroxylation is 3. The average Bonchev–Trinajstić information content (AvgIpc) is 2.38. The lowest BCUT2D eigenvalue weighted by Gasteiger charge is -2.00. The molecular formula is C18H24. The molecule has 0 heteroatoms. The molecule has 0 radical (unpaired) electrons. The van der Waals surface area contributed by atoms with Gasteiger partial charge in [-0.05, 0) is 49.4 Å².